The Hall–Kier alpha value is -0.920. The van der Waals surface area contributed by atoms with E-state index in [-0.39, 0.29) is 11.3 Å². The van der Waals surface area contributed by atoms with Crippen molar-refractivity contribution in [1.29, 1.82) is 0 Å². The molecule has 2 aromatic rings. The molecule has 108 valence electrons. The van der Waals surface area contributed by atoms with Crippen molar-refractivity contribution in [3.8, 4) is 0 Å². The number of anilines is 1. The van der Waals surface area contributed by atoms with E-state index in [0.717, 1.165) is 20.2 Å². The molecule has 4 nitrogen and oxygen atoms in total. The summed E-state index contributed by atoms with van der Waals surface area (Å²) in [5, 5.41) is -0.112. The second-order valence-corrected chi connectivity index (χ2v) is 7.36. The third-order valence-electron chi connectivity index (χ3n) is 3.13. The third-order valence-corrected chi connectivity index (χ3v) is 5.57. The van der Waals surface area contributed by atoms with Gasteiger partial charge < -0.3 is 0 Å². The molecule has 1 atom stereocenters. The second-order valence-electron chi connectivity index (χ2n) is 4.58. The molecule has 1 aliphatic heterocycles. The van der Waals surface area contributed by atoms with Gasteiger partial charge in [0.25, 0.3) is 0 Å². The van der Waals surface area contributed by atoms with Gasteiger partial charge in [-0.2, -0.15) is 0 Å². The first-order valence-electron chi connectivity index (χ1n) is 6.24. The molecule has 0 radical (unpaired) electrons. The van der Waals surface area contributed by atoms with Gasteiger partial charge in [0.2, 0.25) is 5.91 Å². The van der Waals surface area contributed by atoms with E-state index in [1.165, 1.54) is 0 Å². The molecule has 7 heteroatoms. The number of thioether (sulfide) groups is 1. The van der Waals surface area contributed by atoms with Crippen molar-refractivity contribution >= 4 is 55.3 Å². The highest BCUT2D eigenvalue weighted by molar-refractivity contribution is 9.11. The van der Waals surface area contributed by atoms with E-state index in [4.69, 9.17) is 0 Å². The van der Waals surface area contributed by atoms with Gasteiger partial charge in [0.1, 0.15) is 11.2 Å². The van der Waals surface area contributed by atoms with Crippen molar-refractivity contribution in [1.82, 2.24) is 9.97 Å². The van der Waals surface area contributed by atoms with E-state index in [1.54, 1.807) is 29.1 Å². The van der Waals surface area contributed by atoms with Crippen LogP contribution in [0.5, 0.6) is 0 Å². The van der Waals surface area contributed by atoms with Crippen LogP contribution in [0.25, 0.3) is 0 Å². The molecule has 1 amide bonds. The van der Waals surface area contributed by atoms with Gasteiger partial charge in [0.15, 0.2) is 0 Å². The van der Waals surface area contributed by atoms with E-state index < -0.39 is 0 Å². The number of rotatable bonds is 2. The average Bonchev–Trinajstić information content (AvgIpc) is 2.80. The van der Waals surface area contributed by atoms with Crippen LogP contribution < -0.4 is 4.90 Å². The predicted molar refractivity (Wildman–Crippen MR) is 91.3 cm³/mol. The maximum absolute atomic E-state index is 12.3. The molecule has 0 bridgehead atoms. The van der Waals surface area contributed by atoms with Gasteiger partial charge in [-0.25, -0.2) is 4.98 Å². The highest BCUT2D eigenvalue weighted by Crippen LogP contribution is 2.45. The molecule has 0 aromatic carbocycles. The van der Waals surface area contributed by atoms with Crippen LogP contribution in [-0.2, 0) is 4.79 Å². The molecule has 1 saturated heterocycles. The first kappa shape index (κ1) is 15.0. The van der Waals surface area contributed by atoms with Crippen LogP contribution in [0.3, 0.4) is 0 Å². The topological polar surface area (TPSA) is 46.1 Å². The third kappa shape index (κ3) is 2.86. The van der Waals surface area contributed by atoms with Crippen LogP contribution in [0.4, 0.5) is 5.82 Å². The Balaban J connectivity index is 2.08. The molecule has 0 aliphatic carbocycles. The molecule has 0 spiro atoms. The Morgan fingerprint density at radius 3 is 2.67 bits per heavy atom. The number of carbonyl (C=O) groups excluding carboxylic acids is 1. The largest absolute Gasteiger partial charge is 0.279 e. The van der Waals surface area contributed by atoms with Gasteiger partial charge in [-0.1, -0.05) is 6.07 Å². The number of nitrogens with zero attached hydrogens (tertiary/aromatic N) is 3. The smallest absolute Gasteiger partial charge is 0.239 e. The number of carbonyl (C=O) groups is 1. The zero-order chi connectivity index (χ0) is 15.0. The van der Waals surface area contributed by atoms with Crippen molar-refractivity contribution in [2.75, 3.05) is 10.7 Å². The van der Waals surface area contributed by atoms with Gasteiger partial charge in [0.05, 0.1) is 5.75 Å². The molecule has 2 aromatic heterocycles. The Labute approximate surface area is 143 Å². The Kier molecular flexibility index (Phi) is 4.33. The first-order valence-corrected chi connectivity index (χ1v) is 8.87. The number of amides is 1. The summed E-state index contributed by atoms with van der Waals surface area (Å²) in [7, 11) is 0. The number of hydrogen-bond acceptors (Lipinski definition) is 4. The summed E-state index contributed by atoms with van der Waals surface area (Å²) in [5.74, 6) is 1.20. The summed E-state index contributed by atoms with van der Waals surface area (Å²) in [4.78, 5) is 22.7. The van der Waals surface area contributed by atoms with Crippen molar-refractivity contribution < 1.29 is 4.79 Å². The fraction of sp³-hybridized carbons (Fsp3) is 0.214. The minimum atomic E-state index is -0.112. The highest BCUT2D eigenvalue weighted by atomic mass is 79.9. The summed E-state index contributed by atoms with van der Waals surface area (Å²) in [5.41, 5.74) is 1.90. The number of aryl methyl sites for hydroxylation is 1. The van der Waals surface area contributed by atoms with Crippen LogP contribution in [0.15, 0.2) is 39.5 Å². The van der Waals surface area contributed by atoms with Crippen LogP contribution >= 0.6 is 43.6 Å². The van der Waals surface area contributed by atoms with Crippen molar-refractivity contribution in [3.05, 3.63) is 50.8 Å². The standard InChI is InChI=1S/C14H11Br2N3OS/c1-8-3-2-4-11(18-8)19-12(20)7-21-14(19)13-9(15)5-17-6-10(13)16/h2-6,14H,7H2,1H3. The van der Waals surface area contributed by atoms with Gasteiger partial charge in [0, 0.05) is 32.6 Å². The maximum atomic E-state index is 12.3. The van der Waals surface area contributed by atoms with Gasteiger partial charge in [-0.3, -0.25) is 14.7 Å². The van der Waals surface area contributed by atoms with Crippen molar-refractivity contribution in [3.63, 3.8) is 0 Å². The summed E-state index contributed by atoms with van der Waals surface area (Å²) >= 11 is 8.64. The molecule has 1 fully saturated rings. The quantitative estimate of drug-likeness (QED) is 0.722. The van der Waals surface area contributed by atoms with E-state index in [0.29, 0.717) is 11.6 Å². The zero-order valence-electron chi connectivity index (χ0n) is 11.1. The molecular weight excluding hydrogens is 418 g/mol. The average molecular weight is 429 g/mol. The van der Waals surface area contributed by atoms with Crippen molar-refractivity contribution in [2.24, 2.45) is 0 Å². The fourth-order valence-electron chi connectivity index (χ4n) is 2.21. The fourth-order valence-corrected chi connectivity index (χ4v) is 5.11. The Bertz CT molecular complexity index is 690. The van der Waals surface area contributed by atoms with Gasteiger partial charge in [-0.15, -0.1) is 11.8 Å². The number of pyridine rings is 2. The van der Waals surface area contributed by atoms with E-state index in [1.807, 2.05) is 25.1 Å². The number of halogens is 2. The SMILES string of the molecule is Cc1cccc(N2C(=O)CSC2c2c(Br)cncc2Br)n1. The Morgan fingerprint density at radius 2 is 2.00 bits per heavy atom. The summed E-state index contributed by atoms with van der Waals surface area (Å²) in [6, 6.07) is 5.71. The van der Waals surface area contributed by atoms with Gasteiger partial charge in [-0.05, 0) is 50.9 Å². The summed E-state index contributed by atoms with van der Waals surface area (Å²) in [6.45, 7) is 1.92. The minimum Gasteiger partial charge on any atom is -0.279 e. The summed E-state index contributed by atoms with van der Waals surface area (Å²) in [6.07, 6.45) is 3.48. The van der Waals surface area contributed by atoms with Crippen molar-refractivity contribution in [2.45, 2.75) is 12.3 Å². The molecular formula is C14H11Br2N3OS. The summed E-state index contributed by atoms with van der Waals surface area (Å²) < 4.78 is 1.75. The number of hydrogen-bond donors (Lipinski definition) is 0. The lowest BCUT2D eigenvalue weighted by atomic mass is 10.2. The predicted octanol–water partition coefficient (Wildman–Crippen LogP) is 4.09. The zero-order valence-corrected chi connectivity index (χ0v) is 15.1. The van der Waals surface area contributed by atoms with E-state index in [2.05, 4.69) is 41.8 Å². The molecule has 3 heterocycles. The highest BCUT2D eigenvalue weighted by Gasteiger charge is 2.37. The second kappa shape index (κ2) is 6.06. The number of aromatic nitrogens is 2. The van der Waals surface area contributed by atoms with E-state index >= 15 is 0 Å². The van der Waals surface area contributed by atoms with E-state index in [9.17, 15) is 4.79 Å². The lowest BCUT2D eigenvalue weighted by Gasteiger charge is -2.25. The monoisotopic (exact) mass is 427 g/mol. The van der Waals surface area contributed by atoms with Crippen LogP contribution in [0.2, 0.25) is 0 Å². The first-order chi connectivity index (χ1) is 10.1. The minimum absolute atomic E-state index is 0.0683. The molecule has 0 N–H and O–H groups in total. The van der Waals surface area contributed by atoms with Gasteiger partial charge >= 0.3 is 0 Å². The van der Waals surface area contributed by atoms with Crippen LogP contribution in [0, 0.1) is 6.92 Å². The van der Waals surface area contributed by atoms with Crippen LogP contribution in [0.1, 0.15) is 16.6 Å². The molecule has 3 rings (SSSR count). The molecule has 1 aliphatic rings. The molecule has 1 unspecified atom stereocenters. The Morgan fingerprint density at radius 1 is 1.29 bits per heavy atom. The lowest BCUT2D eigenvalue weighted by molar-refractivity contribution is -0.115. The lowest BCUT2D eigenvalue weighted by Crippen LogP contribution is -2.29. The maximum Gasteiger partial charge on any atom is 0.239 e. The van der Waals surface area contributed by atoms with Crippen LogP contribution in [-0.4, -0.2) is 21.6 Å². The normalized spacial score (nSPS) is 18.3. The molecule has 21 heavy (non-hydrogen) atoms. The molecule has 0 saturated carbocycles.